The number of nitrogens with zero attached hydrogens (tertiary/aromatic N) is 3. The molecule has 8 heteroatoms. The highest BCUT2D eigenvalue weighted by molar-refractivity contribution is 6.02. The molecule has 0 spiro atoms. The number of amides is 2. The minimum atomic E-state index is -0.528. The third-order valence-electron chi connectivity index (χ3n) is 5.41. The molecular weight excluding hydrogens is 350 g/mol. The number of nitro benzene ring substituents is 1. The second-order valence-corrected chi connectivity index (χ2v) is 7.18. The van der Waals surface area contributed by atoms with Crippen molar-refractivity contribution in [3.63, 3.8) is 0 Å². The van der Waals surface area contributed by atoms with E-state index in [0.29, 0.717) is 5.75 Å². The first-order valence-electron chi connectivity index (χ1n) is 9.44. The number of ether oxygens (including phenoxy) is 1. The highest BCUT2D eigenvalue weighted by atomic mass is 16.6. The lowest BCUT2D eigenvalue weighted by Gasteiger charge is -2.33. The Labute approximate surface area is 158 Å². The van der Waals surface area contributed by atoms with Crippen molar-refractivity contribution < 1.29 is 19.2 Å². The van der Waals surface area contributed by atoms with Gasteiger partial charge >= 0.3 is 0 Å². The highest BCUT2D eigenvalue weighted by Gasteiger charge is 2.31. The zero-order valence-corrected chi connectivity index (χ0v) is 15.6. The summed E-state index contributed by atoms with van der Waals surface area (Å²) in [4.78, 5) is 38.7. The van der Waals surface area contributed by atoms with Crippen LogP contribution in [-0.4, -0.2) is 47.9 Å². The van der Waals surface area contributed by atoms with E-state index in [2.05, 4.69) is 0 Å². The molecule has 1 aromatic carbocycles. The Kier molecular flexibility index (Phi) is 5.93. The van der Waals surface area contributed by atoms with Crippen LogP contribution in [0.25, 0.3) is 0 Å². The Hall–Kier alpha value is -2.64. The predicted octanol–water partition coefficient (Wildman–Crippen LogP) is 2.89. The van der Waals surface area contributed by atoms with Crippen molar-refractivity contribution in [2.24, 2.45) is 0 Å². The molecule has 1 aromatic rings. The van der Waals surface area contributed by atoms with Crippen molar-refractivity contribution in [3.05, 3.63) is 28.3 Å². The number of non-ortho nitro benzene ring substituents is 1. The first-order chi connectivity index (χ1) is 13.0. The number of benzene rings is 1. The van der Waals surface area contributed by atoms with Crippen LogP contribution >= 0.6 is 0 Å². The molecule has 0 N–H and O–H groups in total. The molecule has 1 aliphatic carbocycles. The van der Waals surface area contributed by atoms with Gasteiger partial charge in [-0.15, -0.1) is 0 Å². The molecule has 146 valence electrons. The number of carbonyl (C=O) groups excluding carboxylic acids is 2. The number of likely N-dealkylation sites (N-methyl/N-ethyl adjacent to an activating group) is 1. The SMILES string of the molecule is CN(C(=O)CN1C(=O)COc2ccc([N+](=O)[O-])cc21)C1CCCCCCC1. The molecule has 2 amide bonds. The standard InChI is InChI=1S/C19H25N3O5/c1-20(14-7-5-3-2-4-6-8-14)18(23)12-21-16-11-15(22(25)26)9-10-17(16)27-13-19(21)24/h9-11,14H,2-8,12-13H2,1H3. The lowest BCUT2D eigenvalue weighted by atomic mass is 9.96. The highest BCUT2D eigenvalue weighted by Crippen LogP contribution is 2.35. The fourth-order valence-electron chi connectivity index (χ4n) is 3.75. The van der Waals surface area contributed by atoms with Gasteiger partial charge in [0.2, 0.25) is 5.91 Å². The van der Waals surface area contributed by atoms with Crippen LogP contribution in [0, 0.1) is 10.1 Å². The smallest absolute Gasteiger partial charge is 0.271 e. The van der Waals surface area contributed by atoms with Gasteiger partial charge in [-0.05, 0) is 18.9 Å². The first kappa shape index (κ1) is 19.1. The first-order valence-corrected chi connectivity index (χ1v) is 9.44. The van der Waals surface area contributed by atoms with Crippen LogP contribution in [-0.2, 0) is 9.59 Å². The largest absolute Gasteiger partial charge is 0.482 e. The Bertz CT molecular complexity index is 728. The van der Waals surface area contributed by atoms with Gasteiger partial charge in [0.1, 0.15) is 12.3 Å². The van der Waals surface area contributed by atoms with Crippen molar-refractivity contribution in [1.29, 1.82) is 0 Å². The second kappa shape index (κ2) is 8.37. The summed E-state index contributed by atoms with van der Waals surface area (Å²) < 4.78 is 5.35. The van der Waals surface area contributed by atoms with Crippen molar-refractivity contribution >= 4 is 23.2 Å². The monoisotopic (exact) mass is 375 g/mol. The number of rotatable bonds is 4. The van der Waals surface area contributed by atoms with Gasteiger partial charge in [-0.3, -0.25) is 24.6 Å². The van der Waals surface area contributed by atoms with Crippen molar-refractivity contribution in [3.8, 4) is 5.75 Å². The van der Waals surface area contributed by atoms with E-state index in [-0.39, 0.29) is 42.4 Å². The summed E-state index contributed by atoms with van der Waals surface area (Å²) in [6, 6.07) is 4.26. The number of hydrogen-bond acceptors (Lipinski definition) is 5. The fourth-order valence-corrected chi connectivity index (χ4v) is 3.75. The molecule has 0 bridgehead atoms. The summed E-state index contributed by atoms with van der Waals surface area (Å²) in [5.41, 5.74) is 0.137. The van der Waals surface area contributed by atoms with E-state index in [0.717, 1.165) is 25.7 Å². The van der Waals surface area contributed by atoms with Crippen molar-refractivity contribution in [2.75, 3.05) is 25.1 Å². The quantitative estimate of drug-likeness (QED) is 0.596. The topological polar surface area (TPSA) is 93.0 Å². The molecule has 1 fully saturated rings. The number of fused-ring (bicyclic) bond motifs is 1. The van der Waals surface area contributed by atoms with Gasteiger partial charge < -0.3 is 9.64 Å². The summed E-state index contributed by atoms with van der Waals surface area (Å²) in [6.45, 7) is -0.311. The van der Waals surface area contributed by atoms with E-state index in [9.17, 15) is 19.7 Å². The fraction of sp³-hybridized carbons (Fsp3) is 0.579. The van der Waals surface area contributed by atoms with Crippen LogP contribution in [0.4, 0.5) is 11.4 Å². The van der Waals surface area contributed by atoms with Gasteiger partial charge in [0.05, 0.1) is 10.6 Å². The Balaban J connectivity index is 1.76. The summed E-state index contributed by atoms with van der Waals surface area (Å²) >= 11 is 0. The van der Waals surface area contributed by atoms with Crippen LogP contribution in [0.15, 0.2) is 18.2 Å². The molecule has 1 heterocycles. The van der Waals surface area contributed by atoms with Gasteiger partial charge in [0.25, 0.3) is 11.6 Å². The zero-order valence-electron chi connectivity index (χ0n) is 15.6. The summed E-state index contributed by atoms with van der Waals surface area (Å²) in [5.74, 6) is -0.155. The van der Waals surface area contributed by atoms with Crippen molar-refractivity contribution in [1.82, 2.24) is 4.90 Å². The maximum Gasteiger partial charge on any atom is 0.271 e. The van der Waals surface area contributed by atoms with E-state index >= 15 is 0 Å². The van der Waals surface area contributed by atoms with Crippen molar-refractivity contribution in [2.45, 2.75) is 51.0 Å². The number of hydrogen-bond donors (Lipinski definition) is 0. The maximum atomic E-state index is 12.8. The third-order valence-corrected chi connectivity index (χ3v) is 5.41. The molecule has 3 rings (SSSR count). The molecule has 1 aliphatic heterocycles. The van der Waals surface area contributed by atoms with E-state index in [4.69, 9.17) is 4.74 Å². The normalized spacial score (nSPS) is 18.1. The summed E-state index contributed by atoms with van der Waals surface area (Å²) in [7, 11) is 1.79. The van der Waals surface area contributed by atoms with Gasteiger partial charge in [-0.25, -0.2) is 0 Å². The molecule has 0 saturated heterocycles. The van der Waals surface area contributed by atoms with Crippen LogP contribution in [0.5, 0.6) is 5.75 Å². The number of nitro groups is 1. The van der Waals surface area contributed by atoms with E-state index in [1.807, 2.05) is 0 Å². The van der Waals surface area contributed by atoms with Crippen LogP contribution < -0.4 is 9.64 Å². The predicted molar refractivity (Wildman–Crippen MR) is 99.8 cm³/mol. The minimum Gasteiger partial charge on any atom is -0.482 e. The van der Waals surface area contributed by atoms with E-state index in [1.54, 1.807) is 11.9 Å². The zero-order chi connectivity index (χ0) is 19.4. The van der Waals surface area contributed by atoms with E-state index in [1.165, 1.54) is 42.4 Å². The van der Waals surface area contributed by atoms with Gasteiger partial charge in [0, 0.05) is 25.2 Å². The minimum absolute atomic E-state index is 0.136. The maximum absolute atomic E-state index is 12.8. The molecule has 1 saturated carbocycles. The lowest BCUT2D eigenvalue weighted by molar-refractivity contribution is -0.384. The Morgan fingerprint density at radius 2 is 1.93 bits per heavy atom. The Morgan fingerprint density at radius 3 is 2.59 bits per heavy atom. The molecule has 0 radical (unpaired) electrons. The molecule has 8 nitrogen and oxygen atoms in total. The van der Waals surface area contributed by atoms with Gasteiger partial charge in [0.15, 0.2) is 6.61 Å². The molecular formula is C19H25N3O5. The molecule has 0 atom stereocenters. The lowest BCUT2D eigenvalue weighted by Crippen LogP contribution is -2.48. The van der Waals surface area contributed by atoms with Crippen LogP contribution in [0.1, 0.15) is 44.9 Å². The van der Waals surface area contributed by atoms with E-state index < -0.39 is 4.92 Å². The Morgan fingerprint density at radius 1 is 1.26 bits per heavy atom. The summed E-state index contributed by atoms with van der Waals surface area (Å²) in [5, 5.41) is 11.1. The number of carbonyl (C=O) groups is 2. The molecule has 2 aliphatic rings. The van der Waals surface area contributed by atoms with Crippen LogP contribution in [0.3, 0.4) is 0 Å². The molecule has 0 aromatic heterocycles. The van der Waals surface area contributed by atoms with Crippen LogP contribution in [0.2, 0.25) is 0 Å². The summed E-state index contributed by atoms with van der Waals surface area (Å²) in [6.07, 6.45) is 7.79. The average Bonchev–Trinajstić information content (AvgIpc) is 2.62. The second-order valence-electron chi connectivity index (χ2n) is 7.18. The average molecular weight is 375 g/mol. The molecule has 0 unspecified atom stereocenters. The molecule has 27 heavy (non-hydrogen) atoms. The number of anilines is 1. The van der Waals surface area contributed by atoms with Gasteiger partial charge in [-0.1, -0.05) is 32.1 Å². The van der Waals surface area contributed by atoms with Gasteiger partial charge in [-0.2, -0.15) is 0 Å². The third kappa shape index (κ3) is 4.37.